The quantitative estimate of drug-likeness (QED) is 0.661. The lowest BCUT2D eigenvalue weighted by atomic mass is 10.0. The standard InChI is InChI=1S/C17H17N5O3/c1-22(17(23)24)16-20-13-7-11(9-19-15(13)21-16)10-2-3-14-12(6-10)8-18-4-5-25-14/h2-3,6-7,9,18H,4-5,8H2,1H3,(H,23,24)(H,19,20,21). The highest BCUT2D eigenvalue weighted by atomic mass is 16.5. The molecule has 1 aliphatic heterocycles. The first-order chi connectivity index (χ1) is 12.1. The summed E-state index contributed by atoms with van der Waals surface area (Å²) in [7, 11) is 1.43. The molecule has 128 valence electrons. The molecule has 0 spiro atoms. The van der Waals surface area contributed by atoms with Crippen LogP contribution in [-0.4, -0.2) is 46.4 Å². The molecule has 0 atom stereocenters. The Balaban J connectivity index is 1.72. The van der Waals surface area contributed by atoms with Crippen molar-refractivity contribution < 1.29 is 14.6 Å². The smallest absolute Gasteiger partial charge is 0.413 e. The number of hydrogen-bond acceptors (Lipinski definition) is 5. The van der Waals surface area contributed by atoms with E-state index in [1.165, 1.54) is 7.05 Å². The van der Waals surface area contributed by atoms with Crippen molar-refractivity contribution in [3.05, 3.63) is 36.0 Å². The predicted octanol–water partition coefficient (Wildman–Crippen LogP) is 2.22. The zero-order valence-electron chi connectivity index (χ0n) is 13.6. The number of nitrogens with zero attached hydrogens (tertiary/aromatic N) is 3. The first-order valence-electron chi connectivity index (χ1n) is 7.91. The Morgan fingerprint density at radius 2 is 2.20 bits per heavy atom. The number of imidazole rings is 1. The fraction of sp³-hybridized carbons (Fsp3) is 0.235. The second kappa shape index (κ2) is 6.06. The van der Waals surface area contributed by atoms with Gasteiger partial charge in [-0.1, -0.05) is 6.07 Å². The van der Waals surface area contributed by atoms with Crippen molar-refractivity contribution in [2.24, 2.45) is 0 Å². The third-order valence-electron chi connectivity index (χ3n) is 4.18. The van der Waals surface area contributed by atoms with Crippen molar-refractivity contribution in [3.8, 4) is 16.9 Å². The van der Waals surface area contributed by atoms with Gasteiger partial charge in [-0.05, 0) is 23.8 Å². The molecule has 8 nitrogen and oxygen atoms in total. The normalized spacial score (nSPS) is 13.8. The number of hydrogen-bond donors (Lipinski definition) is 3. The summed E-state index contributed by atoms with van der Waals surface area (Å²) in [5.74, 6) is 1.14. The summed E-state index contributed by atoms with van der Waals surface area (Å²) in [6.07, 6.45) is 0.651. The average Bonchev–Trinajstić information content (AvgIpc) is 2.90. The molecule has 0 aliphatic carbocycles. The summed E-state index contributed by atoms with van der Waals surface area (Å²) < 4.78 is 5.71. The molecule has 0 unspecified atom stereocenters. The van der Waals surface area contributed by atoms with Gasteiger partial charge in [-0.15, -0.1) is 0 Å². The zero-order chi connectivity index (χ0) is 17.4. The number of ether oxygens (including phenoxy) is 1. The molecular formula is C17H17N5O3. The molecule has 1 amide bonds. The third-order valence-corrected chi connectivity index (χ3v) is 4.18. The van der Waals surface area contributed by atoms with Crippen molar-refractivity contribution in [1.29, 1.82) is 0 Å². The van der Waals surface area contributed by atoms with Crippen LogP contribution < -0.4 is 15.0 Å². The topological polar surface area (TPSA) is 103 Å². The molecule has 4 rings (SSSR count). The largest absolute Gasteiger partial charge is 0.492 e. The molecular weight excluding hydrogens is 322 g/mol. The van der Waals surface area contributed by atoms with Gasteiger partial charge in [-0.2, -0.15) is 4.98 Å². The van der Waals surface area contributed by atoms with Crippen LogP contribution in [0.15, 0.2) is 30.5 Å². The van der Waals surface area contributed by atoms with Gasteiger partial charge in [0.2, 0.25) is 5.95 Å². The minimum Gasteiger partial charge on any atom is -0.492 e. The van der Waals surface area contributed by atoms with E-state index in [-0.39, 0.29) is 5.95 Å². The Morgan fingerprint density at radius 3 is 3.04 bits per heavy atom. The van der Waals surface area contributed by atoms with E-state index in [1.807, 2.05) is 18.2 Å². The second-order valence-electron chi connectivity index (χ2n) is 5.84. The number of amides is 1. The number of H-pyrrole nitrogens is 1. The van der Waals surface area contributed by atoms with Crippen LogP contribution >= 0.6 is 0 Å². The number of carboxylic acid groups (broad SMARTS) is 1. The van der Waals surface area contributed by atoms with Crippen LogP contribution in [0.2, 0.25) is 0 Å². The number of anilines is 1. The molecule has 3 aromatic rings. The maximum Gasteiger partial charge on any atom is 0.413 e. The van der Waals surface area contributed by atoms with E-state index < -0.39 is 6.09 Å². The fourth-order valence-electron chi connectivity index (χ4n) is 2.79. The van der Waals surface area contributed by atoms with Crippen molar-refractivity contribution in [1.82, 2.24) is 20.3 Å². The molecule has 0 fully saturated rings. The van der Waals surface area contributed by atoms with Crippen LogP contribution in [0, 0.1) is 0 Å². The molecule has 0 bridgehead atoms. The van der Waals surface area contributed by atoms with Gasteiger partial charge in [0, 0.05) is 37.5 Å². The highest BCUT2D eigenvalue weighted by molar-refractivity contribution is 5.87. The van der Waals surface area contributed by atoms with E-state index in [9.17, 15) is 4.79 Å². The second-order valence-corrected chi connectivity index (χ2v) is 5.84. The summed E-state index contributed by atoms with van der Waals surface area (Å²) >= 11 is 0. The summed E-state index contributed by atoms with van der Waals surface area (Å²) in [5.41, 5.74) is 4.21. The molecule has 2 aromatic heterocycles. The van der Waals surface area contributed by atoms with Crippen LogP contribution in [0.5, 0.6) is 5.75 Å². The average molecular weight is 339 g/mol. The molecule has 3 heterocycles. The summed E-state index contributed by atoms with van der Waals surface area (Å²) in [5, 5.41) is 12.4. The number of nitrogens with one attached hydrogen (secondary N) is 2. The Morgan fingerprint density at radius 1 is 1.32 bits per heavy atom. The Labute approximate surface area is 143 Å². The van der Waals surface area contributed by atoms with Gasteiger partial charge in [0.25, 0.3) is 0 Å². The first-order valence-corrected chi connectivity index (χ1v) is 7.91. The molecule has 25 heavy (non-hydrogen) atoms. The number of aromatic nitrogens is 3. The molecule has 0 radical (unpaired) electrons. The lowest BCUT2D eigenvalue weighted by Gasteiger charge is -2.09. The number of pyridine rings is 1. The van der Waals surface area contributed by atoms with Crippen molar-refractivity contribution in [2.75, 3.05) is 25.1 Å². The Bertz CT molecular complexity index is 953. The minimum absolute atomic E-state index is 0.242. The molecule has 1 aliphatic rings. The maximum atomic E-state index is 11.1. The Hall–Kier alpha value is -3.13. The van der Waals surface area contributed by atoms with E-state index in [0.717, 1.165) is 40.4 Å². The third kappa shape index (κ3) is 2.87. The highest BCUT2D eigenvalue weighted by Gasteiger charge is 2.15. The SMILES string of the molecule is CN(C(=O)O)c1nc2ncc(-c3ccc4c(c3)CNCCO4)cc2[nH]1. The van der Waals surface area contributed by atoms with Crippen molar-refractivity contribution in [3.63, 3.8) is 0 Å². The van der Waals surface area contributed by atoms with E-state index in [2.05, 4.69) is 26.3 Å². The molecule has 3 N–H and O–H groups in total. The van der Waals surface area contributed by atoms with Gasteiger partial charge in [0.1, 0.15) is 12.4 Å². The first kappa shape index (κ1) is 15.4. The van der Waals surface area contributed by atoms with Crippen LogP contribution in [0.25, 0.3) is 22.3 Å². The van der Waals surface area contributed by atoms with Gasteiger partial charge < -0.3 is 20.1 Å². The van der Waals surface area contributed by atoms with Crippen molar-refractivity contribution in [2.45, 2.75) is 6.54 Å². The van der Waals surface area contributed by atoms with E-state index in [0.29, 0.717) is 17.8 Å². The molecule has 1 aromatic carbocycles. The predicted molar refractivity (Wildman–Crippen MR) is 93.0 cm³/mol. The number of aromatic amines is 1. The summed E-state index contributed by atoms with van der Waals surface area (Å²) in [6.45, 7) is 2.25. The van der Waals surface area contributed by atoms with Crippen molar-refractivity contribution >= 4 is 23.2 Å². The summed E-state index contributed by atoms with van der Waals surface area (Å²) in [6, 6.07) is 7.96. The van der Waals surface area contributed by atoms with Crippen LogP contribution in [0.3, 0.4) is 0 Å². The lowest BCUT2D eigenvalue weighted by molar-refractivity contribution is 0.203. The minimum atomic E-state index is -1.09. The van der Waals surface area contributed by atoms with Crippen LogP contribution in [0.4, 0.5) is 10.7 Å². The van der Waals surface area contributed by atoms with Crippen LogP contribution in [0.1, 0.15) is 5.56 Å². The van der Waals surface area contributed by atoms with E-state index >= 15 is 0 Å². The van der Waals surface area contributed by atoms with Gasteiger partial charge in [-0.25, -0.2) is 9.78 Å². The number of benzene rings is 1. The highest BCUT2D eigenvalue weighted by Crippen LogP contribution is 2.29. The summed E-state index contributed by atoms with van der Waals surface area (Å²) in [4.78, 5) is 23.6. The molecule has 0 saturated carbocycles. The molecule has 8 heteroatoms. The van der Waals surface area contributed by atoms with Gasteiger partial charge in [0.15, 0.2) is 5.65 Å². The lowest BCUT2D eigenvalue weighted by Crippen LogP contribution is -2.24. The Kier molecular flexibility index (Phi) is 3.73. The number of fused-ring (bicyclic) bond motifs is 2. The van der Waals surface area contributed by atoms with E-state index in [4.69, 9.17) is 9.84 Å². The van der Waals surface area contributed by atoms with Gasteiger partial charge >= 0.3 is 6.09 Å². The van der Waals surface area contributed by atoms with Crippen LogP contribution in [-0.2, 0) is 6.54 Å². The molecule has 0 saturated heterocycles. The maximum absolute atomic E-state index is 11.1. The zero-order valence-corrected chi connectivity index (χ0v) is 13.6. The van der Waals surface area contributed by atoms with Gasteiger partial charge in [0.05, 0.1) is 5.52 Å². The number of carbonyl (C=O) groups is 1. The number of rotatable bonds is 2. The van der Waals surface area contributed by atoms with Gasteiger partial charge in [-0.3, -0.25) is 4.90 Å². The fourth-order valence-corrected chi connectivity index (χ4v) is 2.79. The monoisotopic (exact) mass is 339 g/mol. The van der Waals surface area contributed by atoms with E-state index in [1.54, 1.807) is 6.20 Å².